The molecule has 7 nitrogen and oxygen atoms in total. The number of ether oxygens (including phenoxy) is 1. The maximum absolute atomic E-state index is 12.1. The number of carbonyl (C=O) groups is 1. The van der Waals surface area contributed by atoms with Crippen molar-refractivity contribution in [2.75, 3.05) is 18.5 Å². The smallest absolute Gasteiger partial charge is 0.277 e. The number of amidine groups is 1. The van der Waals surface area contributed by atoms with E-state index in [2.05, 4.69) is 15.3 Å². The number of aliphatic imine (C=N–C) groups is 1. The fraction of sp³-hybridized carbons (Fsp3) is 0.312. The maximum Gasteiger partial charge on any atom is 0.277 e. The van der Waals surface area contributed by atoms with E-state index in [1.54, 1.807) is 13.0 Å². The van der Waals surface area contributed by atoms with E-state index >= 15 is 0 Å². The van der Waals surface area contributed by atoms with Crippen LogP contribution in [0.5, 0.6) is 0 Å². The van der Waals surface area contributed by atoms with Crippen molar-refractivity contribution in [3.8, 4) is 0 Å². The summed E-state index contributed by atoms with van der Waals surface area (Å²) in [5.74, 6) is 0.582. The average Bonchev–Trinajstić information content (AvgIpc) is 2.94. The van der Waals surface area contributed by atoms with E-state index in [4.69, 9.17) is 14.9 Å². The van der Waals surface area contributed by atoms with Gasteiger partial charge in [-0.1, -0.05) is 12.1 Å². The molecule has 1 aliphatic heterocycles. The van der Waals surface area contributed by atoms with E-state index in [0.717, 1.165) is 5.56 Å². The van der Waals surface area contributed by atoms with Gasteiger partial charge in [0.1, 0.15) is 24.2 Å². The Bertz CT molecular complexity index is 774. The second-order valence-electron chi connectivity index (χ2n) is 5.66. The topological polar surface area (TPSA) is 103 Å². The lowest BCUT2D eigenvalue weighted by atomic mass is 9.92. The Hall–Kier alpha value is -2.38. The molecule has 0 saturated heterocycles. The molecule has 0 fully saturated rings. The average molecular weight is 351 g/mol. The van der Waals surface area contributed by atoms with Gasteiger partial charge in [0.2, 0.25) is 0 Å². The first-order valence-electron chi connectivity index (χ1n) is 7.22. The number of anilines is 1. The molecule has 24 heavy (non-hydrogen) atoms. The molecule has 0 bridgehead atoms. The number of amides is 1. The first-order chi connectivity index (χ1) is 11.0. The Morgan fingerprint density at radius 1 is 1.42 bits per heavy atom. The molecule has 3 N–H and O–H groups in total. The van der Waals surface area contributed by atoms with Crippen molar-refractivity contribution >= 4 is 29.8 Å². The van der Waals surface area contributed by atoms with Crippen LogP contribution >= 0.6 is 12.4 Å². The van der Waals surface area contributed by atoms with Crippen LogP contribution in [-0.4, -0.2) is 29.9 Å². The summed E-state index contributed by atoms with van der Waals surface area (Å²) < 4.78 is 10.5. The van der Waals surface area contributed by atoms with Crippen molar-refractivity contribution in [1.82, 2.24) is 4.98 Å². The molecule has 1 aliphatic rings. The van der Waals surface area contributed by atoms with Crippen LogP contribution in [-0.2, 0) is 10.3 Å². The Kier molecular flexibility index (Phi) is 5.26. The highest BCUT2D eigenvalue weighted by atomic mass is 35.5. The number of oxazole rings is 1. The summed E-state index contributed by atoms with van der Waals surface area (Å²) in [6, 6.07) is 7.44. The molecule has 1 aromatic heterocycles. The summed E-state index contributed by atoms with van der Waals surface area (Å²) in [6.07, 6.45) is 1.33. The van der Waals surface area contributed by atoms with E-state index in [0.29, 0.717) is 30.6 Å². The van der Waals surface area contributed by atoms with Crippen LogP contribution < -0.4 is 11.1 Å². The van der Waals surface area contributed by atoms with Gasteiger partial charge in [0, 0.05) is 12.6 Å². The standard InChI is InChI=1S/C16H18N4O3.ClH/c1-10-18-13(7-23-10)15(21)19-12-5-3-4-11(6-12)16(2)9-22-8-14(17)20-16;/h3-7H,8-9H2,1-2H3,(H2,17,20)(H,19,21);1H. The molecule has 2 heterocycles. The number of nitrogens with two attached hydrogens (primary N) is 1. The molecule has 128 valence electrons. The summed E-state index contributed by atoms with van der Waals surface area (Å²) >= 11 is 0. The van der Waals surface area contributed by atoms with E-state index in [1.165, 1.54) is 6.26 Å². The predicted molar refractivity (Wildman–Crippen MR) is 92.7 cm³/mol. The van der Waals surface area contributed by atoms with Crippen molar-refractivity contribution in [1.29, 1.82) is 0 Å². The zero-order chi connectivity index (χ0) is 16.4. The molecule has 8 heteroatoms. The Labute approximate surface area is 145 Å². The van der Waals surface area contributed by atoms with Crippen LogP contribution in [0.15, 0.2) is 39.9 Å². The summed E-state index contributed by atoms with van der Waals surface area (Å²) in [7, 11) is 0. The lowest BCUT2D eigenvalue weighted by Gasteiger charge is -2.30. The molecule has 0 spiro atoms. The number of nitrogens with zero attached hydrogens (tertiary/aromatic N) is 2. The highest BCUT2D eigenvalue weighted by Crippen LogP contribution is 2.30. The second kappa shape index (κ2) is 7.02. The van der Waals surface area contributed by atoms with Gasteiger partial charge in [0.05, 0.1) is 6.61 Å². The third kappa shape index (κ3) is 3.74. The molecule has 0 saturated carbocycles. The molecule has 1 unspecified atom stereocenters. The monoisotopic (exact) mass is 350 g/mol. The molecule has 1 aromatic carbocycles. The zero-order valence-electron chi connectivity index (χ0n) is 13.4. The van der Waals surface area contributed by atoms with Crippen LogP contribution in [0.1, 0.15) is 28.9 Å². The van der Waals surface area contributed by atoms with Crippen LogP contribution in [0, 0.1) is 6.92 Å². The lowest BCUT2D eigenvalue weighted by molar-refractivity contribution is 0.102. The molecule has 3 rings (SSSR count). The van der Waals surface area contributed by atoms with Gasteiger partial charge >= 0.3 is 0 Å². The van der Waals surface area contributed by atoms with Gasteiger partial charge in [0.15, 0.2) is 11.6 Å². The molecule has 0 aliphatic carbocycles. The van der Waals surface area contributed by atoms with Gasteiger partial charge in [-0.05, 0) is 24.6 Å². The third-order valence-electron chi connectivity index (χ3n) is 3.62. The van der Waals surface area contributed by atoms with Gasteiger partial charge in [-0.25, -0.2) is 4.98 Å². The van der Waals surface area contributed by atoms with E-state index in [1.807, 2.05) is 25.1 Å². The fourth-order valence-corrected chi connectivity index (χ4v) is 2.48. The van der Waals surface area contributed by atoms with E-state index in [9.17, 15) is 4.79 Å². The Morgan fingerprint density at radius 3 is 2.88 bits per heavy atom. The first kappa shape index (κ1) is 18.0. The number of hydrogen-bond acceptors (Lipinski definition) is 6. The quantitative estimate of drug-likeness (QED) is 0.883. The van der Waals surface area contributed by atoms with Crippen LogP contribution in [0.25, 0.3) is 0 Å². The number of halogens is 1. The third-order valence-corrected chi connectivity index (χ3v) is 3.62. The number of aromatic nitrogens is 1. The van der Waals surface area contributed by atoms with Crippen LogP contribution in [0.4, 0.5) is 5.69 Å². The minimum Gasteiger partial charge on any atom is -0.448 e. The predicted octanol–water partition coefficient (Wildman–Crippen LogP) is 2.26. The summed E-state index contributed by atoms with van der Waals surface area (Å²) in [5, 5.41) is 2.80. The normalized spacial score (nSPS) is 20.0. The van der Waals surface area contributed by atoms with Gasteiger partial charge in [-0.15, -0.1) is 12.4 Å². The minimum atomic E-state index is -0.562. The van der Waals surface area contributed by atoms with Crippen molar-refractivity contribution in [2.24, 2.45) is 10.7 Å². The Balaban J connectivity index is 0.00000208. The van der Waals surface area contributed by atoms with Gasteiger partial charge in [-0.2, -0.15) is 0 Å². The molecule has 0 radical (unpaired) electrons. The van der Waals surface area contributed by atoms with Crippen molar-refractivity contribution in [3.05, 3.63) is 47.7 Å². The zero-order valence-corrected chi connectivity index (χ0v) is 14.2. The van der Waals surface area contributed by atoms with Gasteiger partial charge in [-0.3, -0.25) is 9.79 Å². The highest BCUT2D eigenvalue weighted by Gasteiger charge is 2.30. The summed E-state index contributed by atoms with van der Waals surface area (Å²) in [5.41, 5.74) is 7.02. The number of benzene rings is 1. The van der Waals surface area contributed by atoms with Crippen molar-refractivity contribution in [2.45, 2.75) is 19.4 Å². The fourth-order valence-electron chi connectivity index (χ4n) is 2.48. The SMILES string of the molecule is Cc1nc(C(=O)Nc2cccc(C3(C)COCC(N)=N3)c2)co1.Cl. The summed E-state index contributed by atoms with van der Waals surface area (Å²) in [6.45, 7) is 4.41. The molecular weight excluding hydrogens is 332 g/mol. The first-order valence-corrected chi connectivity index (χ1v) is 7.22. The molecule has 1 atom stereocenters. The second-order valence-corrected chi connectivity index (χ2v) is 5.66. The largest absolute Gasteiger partial charge is 0.448 e. The number of rotatable bonds is 3. The Morgan fingerprint density at radius 2 is 2.21 bits per heavy atom. The molecule has 1 amide bonds. The molecular formula is C16H19ClN4O3. The van der Waals surface area contributed by atoms with Crippen molar-refractivity contribution in [3.63, 3.8) is 0 Å². The van der Waals surface area contributed by atoms with Crippen LogP contribution in [0.2, 0.25) is 0 Å². The lowest BCUT2D eigenvalue weighted by Crippen LogP contribution is -2.37. The van der Waals surface area contributed by atoms with E-state index in [-0.39, 0.29) is 24.0 Å². The number of aryl methyl sites for hydroxylation is 1. The van der Waals surface area contributed by atoms with Gasteiger partial charge in [0.25, 0.3) is 5.91 Å². The highest BCUT2D eigenvalue weighted by molar-refractivity contribution is 6.02. The molecule has 2 aromatic rings. The van der Waals surface area contributed by atoms with Crippen LogP contribution in [0.3, 0.4) is 0 Å². The van der Waals surface area contributed by atoms with Gasteiger partial charge < -0.3 is 20.2 Å². The summed E-state index contributed by atoms with van der Waals surface area (Å²) in [4.78, 5) is 20.6. The number of carbonyl (C=O) groups excluding carboxylic acids is 1. The number of hydrogen-bond donors (Lipinski definition) is 2. The van der Waals surface area contributed by atoms with Crippen molar-refractivity contribution < 1.29 is 13.9 Å². The van der Waals surface area contributed by atoms with E-state index < -0.39 is 5.54 Å². The number of nitrogens with one attached hydrogen (secondary N) is 1. The maximum atomic E-state index is 12.1. The minimum absolute atomic E-state index is 0.